The van der Waals surface area contributed by atoms with Gasteiger partial charge >= 0.3 is 0 Å². The molecule has 0 saturated heterocycles. The average molecular weight is 225 g/mol. The Balaban J connectivity index is 3.25. The van der Waals surface area contributed by atoms with E-state index in [2.05, 4.69) is 10.5 Å². The minimum absolute atomic E-state index is 0.124. The maximum absolute atomic E-state index is 11.8. The number of hydrogen-bond acceptors (Lipinski definition) is 4. The number of unbranched alkanes of at least 4 members (excludes halogenated alkanes) is 1. The normalized spacial score (nSPS) is 14.5. The second-order valence-electron chi connectivity index (χ2n) is 3.15. The van der Waals surface area contributed by atoms with Crippen LogP contribution in [0.1, 0.15) is 19.3 Å². The summed E-state index contributed by atoms with van der Waals surface area (Å²) in [4.78, 5) is 0. The van der Waals surface area contributed by atoms with E-state index in [1.165, 1.54) is 0 Å². The van der Waals surface area contributed by atoms with Crippen LogP contribution in [0.2, 0.25) is 0 Å². The van der Waals surface area contributed by atoms with Crippen LogP contribution in [0.5, 0.6) is 0 Å². The van der Waals surface area contributed by atoms with Crippen molar-refractivity contribution in [3.05, 3.63) is 0 Å². The summed E-state index contributed by atoms with van der Waals surface area (Å²) in [5, 5.41) is 22.4. The lowest BCUT2D eigenvalue weighted by Crippen LogP contribution is -2.32. The van der Waals surface area contributed by atoms with Crippen LogP contribution in [0.3, 0.4) is 0 Å². The molecule has 0 radical (unpaired) electrons. The second kappa shape index (κ2) is 8.37. The van der Waals surface area contributed by atoms with Crippen molar-refractivity contribution in [2.75, 3.05) is 13.1 Å². The van der Waals surface area contributed by atoms with E-state index in [0.29, 0.717) is 25.8 Å². The van der Waals surface area contributed by atoms with E-state index >= 15 is 0 Å². The fourth-order valence-electron chi connectivity index (χ4n) is 0.945. The molecule has 0 aliphatic carbocycles. The van der Waals surface area contributed by atoms with Gasteiger partial charge in [0.25, 0.3) is 6.43 Å². The van der Waals surface area contributed by atoms with E-state index in [0.717, 1.165) is 0 Å². The first-order valence-electron chi connectivity index (χ1n) is 4.71. The Kier molecular flexibility index (Phi) is 7.84. The highest BCUT2D eigenvalue weighted by atomic mass is 19.3. The van der Waals surface area contributed by atoms with Gasteiger partial charge in [0.1, 0.15) is 11.9 Å². The van der Waals surface area contributed by atoms with Crippen molar-refractivity contribution >= 4 is 5.84 Å². The zero-order valence-corrected chi connectivity index (χ0v) is 8.37. The molecule has 0 amide bonds. The van der Waals surface area contributed by atoms with Crippen LogP contribution < -0.4 is 11.1 Å². The number of rotatable bonds is 8. The number of nitrogens with zero attached hydrogens (tertiary/aromatic N) is 1. The average Bonchev–Trinajstić information content (AvgIpc) is 2.22. The van der Waals surface area contributed by atoms with Crippen LogP contribution in [0, 0.1) is 0 Å². The molecule has 0 aromatic heterocycles. The Morgan fingerprint density at radius 3 is 2.60 bits per heavy atom. The van der Waals surface area contributed by atoms with Gasteiger partial charge in [0.15, 0.2) is 0 Å². The van der Waals surface area contributed by atoms with Crippen LogP contribution in [0.25, 0.3) is 0 Å². The summed E-state index contributed by atoms with van der Waals surface area (Å²) in [5.74, 6) is 0.155. The number of amidine groups is 1. The number of alkyl halides is 2. The van der Waals surface area contributed by atoms with Gasteiger partial charge in [-0.3, -0.25) is 0 Å². The Morgan fingerprint density at radius 2 is 2.07 bits per heavy atom. The molecule has 0 spiro atoms. The summed E-state index contributed by atoms with van der Waals surface area (Å²) in [6, 6.07) is 0. The third kappa shape index (κ3) is 8.07. The van der Waals surface area contributed by atoms with Gasteiger partial charge in [0.05, 0.1) is 0 Å². The zero-order valence-electron chi connectivity index (χ0n) is 8.37. The standard InChI is InChI=1S/C8H17F2N3O2/c9-8(10)6(14)5-12-4-2-1-3-7(11)13-15/h6,8,12,14-15H,1-5H2,(H2,11,13). The van der Waals surface area contributed by atoms with Gasteiger partial charge in [-0.2, -0.15) is 0 Å². The maximum Gasteiger partial charge on any atom is 0.265 e. The number of nitrogens with one attached hydrogen (secondary N) is 1. The third-order valence-electron chi connectivity index (χ3n) is 1.81. The van der Waals surface area contributed by atoms with Gasteiger partial charge in [-0.1, -0.05) is 5.16 Å². The summed E-state index contributed by atoms with van der Waals surface area (Å²) in [7, 11) is 0. The molecule has 0 aliphatic heterocycles. The molecule has 0 heterocycles. The van der Waals surface area contributed by atoms with E-state index in [-0.39, 0.29) is 12.4 Å². The highest BCUT2D eigenvalue weighted by Crippen LogP contribution is 1.99. The Morgan fingerprint density at radius 1 is 1.40 bits per heavy atom. The number of aliphatic hydroxyl groups excluding tert-OH is 1. The molecule has 0 rings (SSSR count). The molecular weight excluding hydrogens is 208 g/mol. The van der Waals surface area contributed by atoms with Gasteiger partial charge in [-0.05, 0) is 19.4 Å². The predicted molar refractivity (Wildman–Crippen MR) is 52.1 cm³/mol. The van der Waals surface area contributed by atoms with E-state index < -0.39 is 12.5 Å². The van der Waals surface area contributed by atoms with Gasteiger partial charge < -0.3 is 21.4 Å². The first-order chi connectivity index (χ1) is 7.07. The molecule has 0 aromatic rings. The molecule has 5 nitrogen and oxygen atoms in total. The molecule has 15 heavy (non-hydrogen) atoms. The van der Waals surface area contributed by atoms with E-state index in [4.69, 9.17) is 16.0 Å². The summed E-state index contributed by atoms with van der Waals surface area (Å²) >= 11 is 0. The summed E-state index contributed by atoms with van der Waals surface area (Å²) < 4.78 is 23.6. The van der Waals surface area contributed by atoms with Crippen LogP contribution in [-0.2, 0) is 0 Å². The van der Waals surface area contributed by atoms with Crippen molar-refractivity contribution in [3.8, 4) is 0 Å². The highest BCUT2D eigenvalue weighted by Gasteiger charge is 2.15. The summed E-state index contributed by atoms with van der Waals surface area (Å²) in [5.41, 5.74) is 5.22. The fourth-order valence-corrected chi connectivity index (χ4v) is 0.945. The minimum atomic E-state index is -2.71. The SMILES string of the molecule is NC(CCCCNCC(O)C(F)F)=NO. The topological polar surface area (TPSA) is 90.9 Å². The van der Waals surface area contributed by atoms with Crippen molar-refractivity contribution in [3.63, 3.8) is 0 Å². The van der Waals surface area contributed by atoms with Crippen molar-refractivity contribution in [1.82, 2.24) is 5.32 Å². The molecule has 0 aliphatic rings. The van der Waals surface area contributed by atoms with E-state index in [1.54, 1.807) is 0 Å². The zero-order chi connectivity index (χ0) is 11.7. The number of hydrogen-bond donors (Lipinski definition) is 4. The Bertz CT molecular complexity index is 191. The maximum atomic E-state index is 11.8. The predicted octanol–water partition coefficient (Wildman–Crippen LogP) is 0.119. The molecule has 0 bridgehead atoms. The van der Waals surface area contributed by atoms with Gasteiger partial charge in [-0.15, -0.1) is 0 Å². The van der Waals surface area contributed by atoms with Crippen LogP contribution in [0.4, 0.5) is 8.78 Å². The van der Waals surface area contributed by atoms with Gasteiger partial charge in [0, 0.05) is 13.0 Å². The Labute approximate surface area is 87.0 Å². The first kappa shape index (κ1) is 14.1. The molecule has 1 unspecified atom stereocenters. The molecule has 0 fully saturated rings. The lowest BCUT2D eigenvalue weighted by Gasteiger charge is -2.10. The van der Waals surface area contributed by atoms with Gasteiger partial charge in [-0.25, -0.2) is 8.78 Å². The van der Waals surface area contributed by atoms with E-state index in [9.17, 15) is 8.78 Å². The molecule has 7 heteroatoms. The third-order valence-corrected chi connectivity index (χ3v) is 1.81. The molecular formula is C8H17F2N3O2. The largest absolute Gasteiger partial charge is 0.409 e. The smallest absolute Gasteiger partial charge is 0.265 e. The lowest BCUT2D eigenvalue weighted by molar-refractivity contribution is -0.00316. The van der Waals surface area contributed by atoms with Crippen LogP contribution >= 0.6 is 0 Å². The Hall–Kier alpha value is -0.950. The van der Waals surface area contributed by atoms with Crippen molar-refractivity contribution in [2.45, 2.75) is 31.8 Å². The van der Waals surface area contributed by atoms with Crippen LogP contribution in [-0.4, -0.2) is 41.8 Å². The first-order valence-corrected chi connectivity index (χ1v) is 4.71. The highest BCUT2D eigenvalue weighted by molar-refractivity contribution is 5.79. The number of aliphatic hydroxyl groups is 1. The monoisotopic (exact) mass is 225 g/mol. The van der Waals surface area contributed by atoms with Crippen molar-refractivity contribution in [2.24, 2.45) is 10.9 Å². The minimum Gasteiger partial charge on any atom is -0.409 e. The summed E-state index contributed by atoms with van der Waals surface area (Å²) in [6.45, 7) is 0.393. The molecule has 90 valence electrons. The van der Waals surface area contributed by atoms with Crippen molar-refractivity contribution < 1.29 is 19.1 Å². The lowest BCUT2D eigenvalue weighted by atomic mass is 10.2. The fraction of sp³-hybridized carbons (Fsp3) is 0.875. The number of oxime groups is 1. The quantitative estimate of drug-likeness (QED) is 0.155. The summed E-state index contributed by atoms with van der Waals surface area (Å²) in [6.07, 6.45) is -2.45. The molecule has 5 N–H and O–H groups in total. The molecule has 0 saturated carbocycles. The molecule has 1 atom stereocenters. The van der Waals surface area contributed by atoms with E-state index in [1.807, 2.05) is 0 Å². The second-order valence-corrected chi connectivity index (χ2v) is 3.15. The van der Waals surface area contributed by atoms with Crippen molar-refractivity contribution in [1.29, 1.82) is 0 Å². The molecule has 0 aromatic carbocycles. The van der Waals surface area contributed by atoms with Crippen LogP contribution in [0.15, 0.2) is 5.16 Å². The van der Waals surface area contributed by atoms with Gasteiger partial charge in [0.2, 0.25) is 0 Å². The number of halogens is 2. The number of nitrogens with two attached hydrogens (primary N) is 1.